The third-order valence-corrected chi connectivity index (χ3v) is 1.32. The molecule has 0 unspecified atom stereocenters. The number of carbonyl (C=O) groups is 2. The van der Waals surface area contributed by atoms with E-state index in [1.54, 1.807) is 0 Å². The monoisotopic (exact) mass is 174 g/mol. The summed E-state index contributed by atoms with van der Waals surface area (Å²) in [4.78, 5) is 20.8. The molecule has 0 aromatic carbocycles. The minimum absolute atomic E-state index is 0.206. The molecule has 5 nitrogen and oxygen atoms in total. The molecule has 70 valence electrons. The van der Waals surface area contributed by atoms with E-state index in [4.69, 9.17) is 10.8 Å². The van der Waals surface area contributed by atoms with Crippen molar-refractivity contribution in [1.29, 1.82) is 0 Å². The Kier molecular flexibility index (Phi) is 4.10. The topological polar surface area (TPSA) is 92.4 Å². The van der Waals surface area contributed by atoms with Crippen molar-refractivity contribution in [1.82, 2.24) is 5.32 Å². The first kappa shape index (κ1) is 10.7. The Morgan fingerprint density at radius 2 is 2.00 bits per heavy atom. The molecule has 0 spiro atoms. The van der Waals surface area contributed by atoms with E-state index in [9.17, 15) is 9.59 Å². The molecule has 0 aliphatic heterocycles. The van der Waals surface area contributed by atoms with Gasteiger partial charge in [-0.3, -0.25) is 0 Å². The maximum atomic E-state index is 10.5. The van der Waals surface area contributed by atoms with Gasteiger partial charge in [0.25, 0.3) is 0 Å². The molecule has 5 heteroatoms. The molecular weight excluding hydrogens is 160 g/mol. The summed E-state index contributed by atoms with van der Waals surface area (Å²) < 4.78 is 0. The average molecular weight is 174 g/mol. The number of hydrogen-bond acceptors (Lipinski definition) is 2. The van der Waals surface area contributed by atoms with Crippen LogP contribution in [0.3, 0.4) is 0 Å². The SMILES string of the molecule is CC(C)C[C@H](NC(N)=O)C(=O)O. The van der Waals surface area contributed by atoms with Crippen LogP contribution in [0.2, 0.25) is 0 Å². The van der Waals surface area contributed by atoms with E-state index in [1.165, 1.54) is 0 Å². The van der Waals surface area contributed by atoms with Crippen LogP contribution >= 0.6 is 0 Å². The summed E-state index contributed by atoms with van der Waals surface area (Å²) in [5, 5.41) is 10.8. The second-order valence-corrected chi connectivity index (χ2v) is 3.03. The third-order valence-electron chi connectivity index (χ3n) is 1.32. The lowest BCUT2D eigenvalue weighted by molar-refractivity contribution is -0.139. The molecule has 12 heavy (non-hydrogen) atoms. The number of carbonyl (C=O) groups excluding carboxylic acids is 1. The Bertz CT molecular complexity index is 179. The quantitative estimate of drug-likeness (QED) is 0.566. The Labute approximate surface area is 70.9 Å². The molecule has 4 N–H and O–H groups in total. The minimum atomic E-state index is -1.05. The van der Waals surface area contributed by atoms with Gasteiger partial charge in [0.15, 0.2) is 0 Å². The molecule has 0 bridgehead atoms. The highest BCUT2D eigenvalue weighted by Crippen LogP contribution is 2.04. The zero-order chi connectivity index (χ0) is 9.72. The van der Waals surface area contributed by atoms with E-state index in [0.29, 0.717) is 6.42 Å². The van der Waals surface area contributed by atoms with Crippen LogP contribution in [0.5, 0.6) is 0 Å². The van der Waals surface area contributed by atoms with Crippen molar-refractivity contribution in [3.05, 3.63) is 0 Å². The van der Waals surface area contributed by atoms with Crippen LogP contribution in [0.15, 0.2) is 0 Å². The van der Waals surface area contributed by atoms with E-state index in [1.807, 2.05) is 13.8 Å². The van der Waals surface area contributed by atoms with E-state index in [2.05, 4.69) is 5.32 Å². The van der Waals surface area contributed by atoms with Crippen LogP contribution in [-0.2, 0) is 4.79 Å². The first-order valence-corrected chi connectivity index (χ1v) is 3.72. The summed E-state index contributed by atoms with van der Waals surface area (Å²) in [5.41, 5.74) is 4.79. The lowest BCUT2D eigenvalue weighted by atomic mass is 10.0. The number of hydrogen-bond donors (Lipinski definition) is 3. The first-order valence-electron chi connectivity index (χ1n) is 3.72. The molecule has 0 aliphatic rings. The molecule has 0 aromatic rings. The van der Waals surface area contributed by atoms with Gasteiger partial charge in [-0.15, -0.1) is 0 Å². The van der Waals surface area contributed by atoms with E-state index in [0.717, 1.165) is 0 Å². The predicted molar refractivity (Wildman–Crippen MR) is 43.6 cm³/mol. The van der Waals surface area contributed by atoms with Gasteiger partial charge in [0.1, 0.15) is 6.04 Å². The van der Waals surface area contributed by atoms with E-state index >= 15 is 0 Å². The smallest absolute Gasteiger partial charge is 0.326 e. The van der Waals surface area contributed by atoms with Gasteiger partial charge in [-0.1, -0.05) is 13.8 Å². The zero-order valence-corrected chi connectivity index (χ0v) is 7.20. The Morgan fingerprint density at radius 1 is 1.50 bits per heavy atom. The molecule has 0 heterocycles. The van der Waals surface area contributed by atoms with Gasteiger partial charge in [0, 0.05) is 0 Å². The second kappa shape index (κ2) is 4.58. The molecular formula is C7H14N2O3. The lowest BCUT2D eigenvalue weighted by Crippen LogP contribution is -2.44. The molecule has 0 rings (SSSR count). The first-order chi connectivity index (χ1) is 5.43. The Morgan fingerprint density at radius 3 is 2.25 bits per heavy atom. The van der Waals surface area contributed by atoms with Gasteiger partial charge < -0.3 is 16.2 Å². The van der Waals surface area contributed by atoms with Crippen LogP contribution in [0.25, 0.3) is 0 Å². The molecule has 0 fully saturated rings. The van der Waals surface area contributed by atoms with Gasteiger partial charge in [0.05, 0.1) is 0 Å². The van der Waals surface area contributed by atoms with Crippen molar-refractivity contribution >= 4 is 12.0 Å². The summed E-state index contributed by atoms with van der Waals surface area (Å²) in [5.74, 6) is -0.847. The fourth-order valence-electron chi connectivity index (χ4n) is 0.865. The third kappa shape index (κ3) is 4.54. The lowest BCUT2D eigenvalue weighted by Gasteiger charge is -2.14. The number of carboxylic acids is 1. The average Bonchev–Trinajstić information content (AvgIpc) is 1.83. The minimum Gasteiger partial charge on any atom is -0.480 e. The molecule has 0 aromatic heterocycles. The summed E-state index contributed by atoms with van der Waals surface area (Å²) in [6.45, 7) is 3.75. The molecule has 0 aliphatic carbocycles. The van der Waals surface area contributed by atoms with Crippen molar-refractivity contribution in [3.8, 4) is 0 Å². The summed E-state index contributed by atoms with van der Waals surface area (Å²) in [6, 6.07) is -1.68. The van der Waals surface area contributed by atoms with E-state index in [-0.39, 0.29) is 5.92 Å². The number of nitrogens with two attached hydrogens (primary N) is 1. The van der Waals surface area contributed by atoms with Crippen molar-refractivity contribution in [2.75, 3.05) is 0 Å². The number of primary amides is 1. The van der Waals surface area contributed by atoms with Gasteiger partial charge in [0.2, 0.25) is 0 Å². The normalized spacial score (nSPS) is 12.6. The van der Waals surface area contributed by atoms with Gasteiger partial charge >= 0.3 is 12.0 Å². The van der Waals surface area contributed by atoms with Crippen LogP contribution in [0, 0.1) is 5.92 Å². The molecule has 0 radical (unpaired) electrons. The van der Waals surface area contributed by atoms with Crippen LogP contribution in [-0.4, -0.2) is 23.1 Å². The van der Waals surface area contributed by atoms with Gasteiger partial charge in [-0.05, 0) is 12.3 Å². The summed E-state index contributed by atoms with van der Waals surface area (Å²) >= 11 is 0. The van der Waals surface area contributed by atoms with Gasteiger partial charge in [-0.2, -0.15) is 0 Å². The zero-order valence-electron chi connectivity index (χ0n) is 7.20. The number of aliphatic carboxylic acids is 1. The standard InChI is InChI=1S/C7H14N2O3/c1-4(2)3-5(6(10)11)9-7(8)12/h4-5H,3H2,1-2H3,(H,10,11)(H3,8,9,12)/t5-/m0/s1. The fourth-order valence-corrected chi connectivity index (χ4v) is 0.865. The Balaban J connectivity index is 4.04. The number of rotatable bonds is 4. The second-order valence-electron chi connectivity index (χ2n) is 3.03. The predicted octanol–water partition coefficient (Wildman–Crippen LogP) is 0.154. The maximum absolute atomic E-state index is 10.5. The number of nitrogens with one attached hydrogen (secondary N) is 1. The summed E-state index contributed by atoms with van der Waals surface area (Å²) in [6.07, 6.45) is 0.387. The Hall–Kier alpha value is -1.26. The van der Waals surface area contributed by atoms with Crippen molar-refractivity contribution in [3.63, 3.8) is 0 Å². The molecule has 1 atom stereocenters. The highest BCUT2D eigenvalue weighted by atomic mass is 16.4. The van der Waals surface area contributed by atoms with Crippen LogP contribution in [0.4, 0.5) is 4.79 Å². The number of carboxylic acid groups (broad SMARTS) is 1. The highest BCUT2D eigenvalue weighted by Gasteiger charge is 2.19. The summed E-state index contributed by atoms with van der Waals surface area (Å²) in [7, 11) is 0. The van der Waals surface area contributed by atoms with Crippen molar-refractivity contribution in [2.45, 2.75) is 26.3 Å². The van der Waals surface area contributed by atoms with Crippen LogP contribution < -0.4 is 11.1 Å². The van der Waals surface area contributed by atoms with Crippen molar-refractivity contribution in [2.24, 2.45) is 11.7 Å². The number of urea groups is 1. The van der Waals surface area contributed by atoms with Gasteiger partial charge in [-0.25, -0.2) is 9.59 Å². The van der Waals surface area contributed by atoms with E-state index < -0.39 is 18.0 Å². The number of amides is 2. The fraction of sp³-hybridized carbons (Fsp3) is 0.714. The molecule has 2 amide bonds. The van der Waals surface area contributed by atoms with Crippen LogP contribution in [0.1, 0.15) is 20.3 Å². The largest absolute Gasteiger partial charge is 0.480 e. The molecule has 0 saturated carbocycles. The van der Waals surface area contributed by atoms with Crippen molar-refractivity contribution < 1.29 is 14.7 Å². The molecule has 0 saturated heterocycles. The highest BCUT2D eigenvalue weighted by molar-refractivity contribution is 5.81. The maximum Gasteiger partial charge on any atom is 0.326 e.